The number of amides is 1. The van der Waals surface area contributed by atoms with Crippen molar-refractivity contribution in [3.63, 3.8) is 0 Å². The fourth-order valence-electron chi connectivity index (χ4n) is 3.75. The lowest BCUT2D eigenvalue weighted by Gasteiger charge is -2.35. The summed E-state index contributed by atoms with van der Waals surface area (Å²) in [4.78, 5) is 26.1. The van der Waals surface area contributed by atoms with Crippen molar-refractivity contribution in [2.75, 3.05) is 38.2 Å². The van der Waals surface area contributed by atoms with Gasteiger partial charge >= 0.3 is 0 Å². The number of benzene rings is 1. The Bertz CT molecular complexity index is 1070. The van der Waals surface area contributed by atoms with Crippen LogP contribution in [-0.4, -0.2) is 63.8 Å². The van der Waals surface area contributed by atoms with Gasteiger partial charge in [0.25, 0.3) is 5.91 Å². The van der Waals surface area contributed by atoms with E-state index in [0.29, 0.717) is 43.3 Å². The highest BCUT2D eigenvalue weighted by Crippen LogP contribution is 2.20. The van der Waals surface area contributed by atoms with Crippen molar-refractivity contribution in [3.8, 4) is 11.6 Å². The molecule has 1 fully saturated rings. The Morgan fingerprint density at radius 2 is 1.70 bits per heavy atom. The Balaban J connectivity index is 1.49. The quantitative estimate of drug-likeness (QED) is 0.663. The Kier molecular flexibility index (Phi) is 5.39. The molecule has 4 rings (SSSR count). The van der Waals surface area contributed by atoms with E-state index in [9.17, 15) is 4.79 Å². The third kappa shape index (κ3) is 3.98. The fourth-order valence-corrected chi connectivity index (χ4v) is 3.75. The normalized spacial score (nSPS) is 14.1. The highest BCUT2D eigenvalue weighted by atomic mass is 16.5. The van der Waals surface area contributed by atoms with E-state index in [2.05, 4.69) is 20.0 Å². The number of hydrogen-bond donors (Lipinski definition) is 0. The van der Waals surface area contributed by atoms with Crippen LogP contribution >= 0.6 is 0 Å². The van der Waals surface area contributed by atoms with Gasteiger partial charge in [0.2, 0.25) is 0 Å². The summed E-state index contributed by atoms with van der Waals surface area (Å²) < 4.78 is 7.08. The predicted octanol–water partition coefficient (Wildman–Crippen LogP) is 2.56. The largest absolute Gasteiger partial charge is 0.497 e. The second kappa shape index (κ2) is 8.14. The number of carbonyl (C=O) groups is 1. The van der Waals surface area contributed by atoms with Gasteiger partial charge in [-0.1, -0.05) is 6.07 Å². The molecule has 0 saturated carbocycles. The summed E-state index contributed by atoms with van der Waals surface area (Å²) in [7, 11) is 1.60. The highest BCUT2D eigenvalue weighted by Gasteiger charge is 2.24. The minimum absolute atomic E-state index is 0.0238. The Morgan fingerprint density at radius 1 is 0.967 bits per heavy atom. The van der Waals surface area contributed by atoms with Crippen LogP contribution in [0.3, 0.4) is 0 Å². The molecule has 1 aromatic carbocycles. The summed E-state index contributed by atoms with van der Waals surface area (Å²) in [5.41, 5.74) is 2.63. The molecule has 2 aromatic heterocycles. The Labute approximate surface area is 176 Å². The van der Waals surface area contributed by atoms with Crippen LogP contribution in [0.1, 0.15) is 27.6 Å². The summed E-state index contributed by atoms with van der Waals surface area (Å²) in [5.74, 6) is 3.03. The standard InChI is InChI=1S/C22H26N6O2/c1-15-12-16(2)28(25-15)21-14-20(23-17(3)24-21)26-8-10-27(11-9-26)22(29)18-6-5-7-19(13-18)30-4/h5-7,12-14H,8-11H2,1-4H3. The molecule has 0 atom stereocenters. The molecule has 3 heterocycles. The number of nitrogens with zero attached hydrogens (tertiary/aromatic N) is 6. The first-order valence-corrected chi connectivity index (χ1v) is 10.0. The van der Waals surface area contributed by atoms with Crippen molar-refractivity contribution in [1.82, 2.24) is 24.6 Å². The molecule has 0 aliphatic carbocycles. The minimum Gasteiger partial charge on any atom is -0.497 e. The summed E-state index contributed by atoms with van der Waals surface area (Å²) >= 11 is 0. The maximum absolute atomic E-state index is 12.9. The molecule has 3 aromatic rings. The first-order valence-electron chi connectivity index (χ1n) is 10.0. The van der Waals surface area contributed by atoms with Crippen LogP contribution in [0.15, 0.2) is 36.4 Å². The van der Waals surface area contributed by atoms with Crippen molar-refractivity contribution < 1.29 is 9.53 Å². The summed E-state index contributed by atoms with van der Waals surface area (Å²) in [5, 5.41) is 4.54. The number of ether oxygens (including phenoxy) is 1. The number of aromatic nitrogens is 4. The maximum Gasteiger partial charge on any atom is 0.254 e. The van der Waals surface area contributed by atoms with Crippen LogP contribution in [0, 0.1) is 20.8 Å². The van der Waals surface area contributed by atoms with E-state index in [-0.39, 0.29) is 5.91 Å². The number of methoxy groups -OCH3 is 1. The van der Waals surface area contributed by atoms with E-state index in [0.717, 1.165) is 23.0 Å². The van der Waals surface area contributed by atoms with E-state index >= 15 is 0 Å². The first-order chi connectivity index (χ1) is 14.4. The zero-order valence-electron chi connectivity index (χ0n) is 17.8. The van der Waals surface area contributed by atoms with Crippen LogP contribution < -0.4 is 9.64 Å². The molecule has 8 heteroatoms. The van der Waals surface area contributed by atoms with Gasteiger partial charge < -0.3 is 14.5 Å². The van der Waals surface area contributed by atoms with Gasteiger partial charge in [-0.2, -0.15) is 5.10 Å². The zero-order chi connectivity index (χ0) is 21.3. The summed E-state index contributed by atoms with van der Waals surface area (Å²) in [6.45, 7) is 8.56. The van der Waals surface area contributed by atoms with E-state index in [4.69, 9.17) is 4.74 Å². The molecule has 1 amide bonds. The van der Waals surface area contributed by atoms with Crippen LogP contribution in [-0.2, 0) is 0 Å². The molecule has 1 aliphatic heterocycles. The molecular weight excluding hydrogens is 380 g/mol. The molecule has 8 nitrogen and oxygen atoms in total. The lowest BCUT2D eigenvalue weighted by atomic mass is 10.1. The van der Waals surface area contributed by atoms with Crippen molar-refractivity contribution in [2.24, 2.45) is 0 Å². The number of rotatable bonds is 4. The van der Waals surface area contributed by atoms with E-state index in [1.807, 2.05) is 60.7 Å². The minimum atomic E-state index is 0.0238. The molecule has 0 radical (unpaired) electrons. The Hall–Kier alpha value is -3.42. The predicted molar refractivity (Wildman–Crippen MR) is 114 cm³/mol. The van der Waals surface area contributed by atoms with Crippen LogP contribution in [0.4, 0.5) is 5.82 Å². The van der Waals surface area contributed by atoms with Gasteiger partial charge in [-0.25, -0.2) is 14.6 Å². The lowest BCUT2D eigenvalue weighted by Crippen LogP contribution is -2.49. The smallest absolute Gasteiger partial charge is 0.254 e. The second-order valence-corrected chi connectivity index (χ2v) is 7.48. The molecule has 0 bridgehead atoms. The summed E-state index contributed by atoms with van der Waals surface area (Å²) in [6, 6.07) is 11.3. The van der Waals surface area contributed by atoms with Gasteiger partial charge in [-0.3, -0.25) is 4.79 Å². The SMILES string of the molecule is COc1cccc(C(=O)N2CCN(c3cc(-n4nc(C)cc4C)nc(C)n3)CC2)c1. The number of anilines is 1. The first kappa shape index (κ1) is 19.9. The molecule has 1 saturated heterocycles. The molecule has 30 heavy (non-hydrogen) atoms. The maximum atomic E-state index is 12.9. The van der Waals surface area contributed by atoms with E-state index < -0.39 is 0 Å². The lowest BCUT2D eigenvalue weighted by molar-refractivity contribution is 0.0746. The number of aryl methyl sites for hydroxylation is 3. The Morgan fingerprint density at radius 3 is 2.37 bits per heavy atom. The van der Waals surface area contributed by atoms with Gasteiger partial charge in [-0.05, 0) is 45.0 Å². The second-order valence-electron chi connectivity index (χ2n) is 7.48. The van der Waals surface area contributed by atoms with Crippen molar-refractivity contribution in [3.05, 3.63) is 59.2 Å². The molecule has 156 valence electrons. The molecule has 0 unspecified atom stereocenters. The van der Waals surface area contributed by atoms with Gasteiger partial charge in [0.1, 0.15) is 17.4 Å². The van der Waals surface area contributed by atoms with Crippen LogP contribution in [0.25, 0.3) is 5.82 Å². The van der Waals surface area contributed by atoms with E-state index in [1.165, 1.54) is 0 Å². The number of piperazine rings is 1. The number of carbonyl (C=O) groups excluding carboxylic acids is 1. The van der Waals surface area contributed by atoms with Gasteiger partial charge in [-0.15, -0.1) is 0 Å². The third-order valence-electron chi connectivity index (χ3n) is 5.25. The fraction of sp³-hybridized carbons (Fsp3) is 0.364. The van der Waals surface area contributed by atoms with Gasteiger partial charge in [0, 0.05) is 43.5 Å². The third-order valence-corrected chi connectivity index (χ3v) is 5.25. The van der Waals surface area contributed by atoms with E-state index in [1.54, 1.807) is 13.2 Å². The monoisotopic (exact) mass is 406 g/mol. The van der Waals surface area contributed by atoms with Crippen molar-refractivity contribution >= 4 is 11.7 Å². The van der Waals surface area contributed by atoms with Crippen molar-refractivity contribution in [1.29, 1.82) is 0 Å². The molecule has 0 spiro atoms. The van der Waals surface area contributed by atoms with Crippen LogP contribution in [0.5, 0.6) is 5.75 Å². The van der Waals surface area contributed by atoms with Crippen molar-refractivity contribution in [2.45, 2.75) is 20.8 Å². The molecule has 0 N–H and O–H groups in total. The van der Waals surface area contributed by atoms with Crippen LogP contribution in [0.2, 0.25) is 0 Å². The van der Waals surface area contributed by atoms with Gasteiger partial charge in [0.15, 0.2) is 5.82 Å². The molecule has 1 aliphatic rings. The molecular formula is C22H26N6O2. The zero-order valence-corrected chi connectivity index (χ0v) is 17.8. The number of hydrogen-bond acceptors (Lipinski definition) is 6. The highest BCUT2D eigenvalue weighted by molar-refractivity contribution is 5.94. The topological polar surface area (TPSA) is 76.4 Å². The average Bonchev–Trinajstić information content (AvgIpc) is 3.11. The van der Waals surface area contributed by atoms with Gasteiger partial charge in [0.05, 0.1) is 12.8 Å². The summed E-state index contributed by atoms with van der Waals surface area (Å²) in [6.07, 6.45) is 0. The average molecular weight is 406 g/mol.